The Morgan fingerprint density at radius 3 is 2.73 bits per heavy atom. The zero-order chi connectivity index (χ0) is 21.9. The van der Waals surface area contributed by atoms with Crippen LogP contribution in [0.15, 0.2) is 29.3 Å². The molecular weight excluding hydrogens is 414 g/mol. The Morgan fingerprint density at radius 2 is 2.10 bits per heavy atom. The average molecular weight is 437 g/mol. The van der Waals surface area contributed by atoms with Gasteiger partial charge < -0.3 is 15.2 Å². The molecule has 2 aromatic rings. The number of carbonyl (C=O) groups is 2. The van der Waals surface area contributed by atoms with E-state index in [9.17, 15) is 23.1 Å². The van der Waals surface area contributed by atoms with Gasteiger partial charge in [0.1, 0.15) is 5.69 Å². The van der Waals surface area contributed by atoms with Gasteiger partial charge in [-0.2, -0.15) is 0 Å². The van der Waals surface area contributed by atoms with Crippen LogP contribution in [0.4, 0.5) is 0 Å². The molecular formula is C18H23N5O6S. The van der Waals surface area contributed by atoms with E-state index in [1.807, 2.05) is 0 Å². The average Bonchev–Trinajstić information content (AvgIpc) is 3.36. The lowest BCUT2D eigenvalue weighted by Gasteiger charge is -2.09. The van der Waals surface area contributed by atoms with Crippen molar-refractivity contribution in [3.8, 4) is 0 Å². The molecule has 0 saturated heterocycles. The first-order chi connectivity index (χ1) is 14.1. The van der Waals surface area contributed by atoms with Crippen LogP contribution in [0.25, 0.3) is 0 Å². The number of hydrogen-bond acceptors (Lipinski definition) is 7. The Kier molecular flexibility index (Phi) is 6.19. The molecule has 0 aliphatic heterocycles. The smallest absolute Gasteiger partial charge is 0.331 e. The van der Waals surface area contributed by atoms with Crippen molar-refractivity contribution in [3.63, 3.8) is 0 Å². The number of nitrogens with one attached hydrogen (secondary N) is 1. The van der Waals surface area contributed by atoms with Gasteiger partial charge in [0.2, 0.25) is 10.0 Å². The molecule has 0 spiro atoms. The van der Waals surface area contributed by atoms with Crippen LogP contribution in [0.3, 0.4) is 0 Å². The molecule has 1 aliphatic rings. The Labute approximate surface area is 173 Å². The van der Waals surface area contributed by atoms with Crippen LogP contribution < -0.4 is 10.5 Å². The summed E-state index contributed by atoms with van der Waals surface area (Å²) in [6.45, 7) is 2.45. The van der Waals surface area contributed by atoms with Crippen LogP contribution in [-0.2, 0) is 31.7 Å². The van der Waals surface area contributed by atoms with Gasteiger partial charge in [0.05, 0.1) is 17.7 Å². The van der Waals surface area contributed by atoms with Gasteiger partial charge in [0.15, 0.2) is 5.54 Å². The van der Waals surface area contributed by atoms with Crippen molar-refractivity contribution in [1.29, 1.82) is 0 Å². The summed E-state index contributed by atoms with van der Waals surface area (Å²) < 4.78 is 30.0. The van der Waals surface area contributed by atoms with E-state index in [-0.39, 0.29) is 17.1 Å². The number of carboxylic acid groups (broad SMARTS) is 1. The fourth-order valence-electron chi connectivity index (χ4n) is 2.94. The number of amides is 1. The summed E-state index contributed by atoms with van der Waals surface area (Å²) >= 11 is 0. The number of aliphatic carboxylic acids is 1. The molecule has 0 bridgehead atoms. The van der Waals surface area contributed by atoms with Crippen LogP contribution in [0.2, 0.25) is 0 Å². The van der Waals surface area contributed by atoms with E-state index in [1.54, 1.807) is 13.1 Å². The van der Waals surface area contributed by atoms with Gasteiger partial charge in [-0.25, -0.2) is 23.0 Å². The lowest BCUT2D eigenvalue weighted by atomic mass is 10.1. The monoisotopic (exact) mass is 437 g/mol. The number of ether oxygens (including phenoxy) is 1. The summed E-state index contributed by atoms with van der Waals surface area (Å²) in [6, 6.07) is 4.31. The van der Waals surface area contributed by atoms with Crippen molar-refractivity contribution in [2.24, 2.45) is 5.14 Å². The second-order valence-corrected chi connectivity index (χ2v) is 8.71. The third-order valence-electron chi connectivity index (χ3n) is 4.86. The van der Waals surface area contributed by atoms with E-state index >= 15 is 0 Å². The van der Waals surface area contributed by atoms with Crippen molar-refractivity contribution >= 4 is 21.9 Å². The normalized spacial score (nSPS) is 15.0. The Morgan fingerprint density at radius 1 is 1.37 bits per heavy atom. The van der Waals surface area contributed by atoms with Crippen molar-refractivity contribution in [2.75, 3.05) is 13.2 Å². The summed E-state index contributed by atoms with van der Waals surface area (Å²) in [7, 11) is -3.90. The van der Waals surface area contributed by atoms with Crippen molar-refractivity contribution in [3.05, 3.63) is 41.2 Å². The van der Waals surface area contributed by atoms with Gasteiger partial charge >= 0.3 is 5.97 Å². The van der Waals surface area contributed by atoms with E-state index in [0.29, 0.717) is 43.7 Å². The molecule has 1 aromatic carbocycles. The third kappa shape index (κ3) is 4.83. The molecule has 30 heavy (non-hydrogen) atoms. The first kappa shape index (κ1) is 21.9. The summed E-state index contributed by atoms with van der Waals surface area (Å²) in [6.07, 6.45) is 3.16. The maximum absolute atomic E-state index is 12.2. The van der Waals surface area contributed by atoms with Crippen LogP contribution in [0, 0.1) is 6.92 Å². The topological polar surface area (TPSA) is 166 Å². The number of sulfonamides is 1. The number of rotatable bonds is 10. The molecule has 4 N–H and O–H groups in total. The highest BCUT2D eigenvalue weighted by molar-refractivity contribution is 7.89. The predicted molar refractivity (Wildman–Crippen MR) is 104 cm³/mol. The molecule has 162 valence electrons. The van der Waals surface area contributed by atoms with Crippen molar-refractivity contribution in [1.82, 2.24) is 20.3 Å². The lowest BCUT2D eigenvalue weighted by molar-refractivity contribution is -0.142. The minimum absolute atomic E-state index is 0.0811. The molecule has 11 nitrogen and oxygen atoms in total. The number of carboxylic acids is 1. The summed E-state index contributed by atoms with van der Waals surface area (Å²) in [5.41, 5.74) is 0.237. The first-order valence-corrected chi connectivity index (χ1v) is 10.8. The molecule has 1 amide bonds. The molecule has 1 heterocycles. The van der Waals surface area contributed by atoms with Gasteiger partial charge in [-0.05, 0) is 43.9 Å². The van der Waals surface area contributed by atoms with Gasteiger partial charge in [0, 0.05) is 18.7 Å². The highest BCUT2D eigenvalue weighted by Gasteiger charge is 2.53. The van der Waals surface area contributed by atoms with Crippen LogP contribution in [0.1, 0.15) is 40.9 Å². The second kappa shape index (κ2) is 8.50. The van der Waals surface area contributed by atoms with Gasteiger partial charge in [-0.1, -0.05) is 11.3 Å². The van der Waals surface area contributed by atoms with Crippen molar-refractivity contribution < 1.29 is 27.9 Å². The minimum Gasteiger partial charge on any atom is -0.479 e. The van der Waals surface area contributed by atoms with Crippen LogP contribution in [0.5, 0.6) is 0 Å². The minimum atomic E-state index is -3.90. The highest BCUT2D eigenvalue weighted by atomic mass is 32.2. The Hall–Kier alpha value is -2.83. The van der Waals surface area contributed by atoms with Gasteiger partial charge in [-0.15, -0.1) is 5.10 Å². The summed E-state index contributed by atoms with van der Waals surface area (Å²) in [4.78, 5) is 23.4. The van der Waals surface area contributed by atoms with E-state index < -0.39 is 27.4 Å². The van der Waals surface area contributed by atoms with Crippen molar-refractivity contribution in [2.45, 2.75) is 43.2 Å². The third-order valence-corrected chi connectivity index (χ3v) is 5.91. The highest BCUT2D eigenvalue weighted by Crippen LogP contribution is 2.43. The van der Waals surface area contributed by atoms with Gasteiger partial charge in [-0.3, -0.25) is 4.79 Å². The number of hydrogen-bond donors (Lipinski definition) is 3. The maximum atomic E-state index is 12.2. The van der Waals surface area contributed by atoms with Gasteiger partial charge in [0.25, 0.3) is 5.91 Å². The number of carbonyl (C=O) groups excluding carboxylic acids is 1. The number of nitrogens with zero attached hydrogens (tertiary/aromatic N) is 3. The zero-order valence-electron chi connectivity index (χ0n) is 16.4. The standard InChI is InChI=1S/C18H23N5O6S/c1-12-3-4-13(9-15(12)30(19,27)28)16(24)20-7-2-8-29-11-14-10-23(22-21-14)18(5-6-18)17(25)26/h3-4,9-10H,2,5-8,11H2,1H3,(H,20,24)(H,25,26)(H2,19,27,28). The first-order valence-electron chi connectivity index (χ1n) is 9.28. The molecule has 1 aromatic heterocycles. The van der Waals surface area contributed by atoms with E-state index in [0.717, 1.165) is 0 Å². The van der Waals surface area contributed by atoms with E-state index in [1.165, 1.54) is 22.9 Å². The number of benzene rings is 1. The summed E-state index contributed by atoms with van der Waals surface area (Å²) in [5.74, 6) is -1.33. The van der Waals surface area contributed by atoms with E-state index in [4.69, 9.17) is 9.88 Å². The summed E-state index contributed by atoms with van der Waals surface area (Å²) in [5, 5.41) is 24.9. The fourth-order valence-corrected chi connectivity index (χ4v) is 3.74. The number of nitrogens with two attached hydrogens (primary N) is 1. The zero-order valence-corrected chi connectivity index (χ0v) is 17.2. The number of aryl methyl sites for hydroxylation is 1. The molecule has 1 aliphatic carbocycles. The van der Waals surface area contributed by atoms with Crippen LogP contribution >= 0.6 is 0 Å². The Bertz CT molecular complexity index is 1060. The molecule has 1 saturated carbocycles. The maximum Gasteiger partial charge on any atom is 0.331 e. The Balaban J connectivity index is 1.40. The number of primary sulfonamides is 1. The largest absolute Gasteiger partial charge is 0.479 e. The van der Waals surface area contributed by atoms with E-state index in [2.05, 4.69) is 15.6 Å². The molecule has 0 radical (unpaired) electrons. The van der Waals surface area contributed by atoms with Crippen LogP contribution in [-0.4, -0.2) is 53.5 Å². The molecule has 0 atom stereocenters. The quantitative estimate of drug-likeness (QED) is 0.441. The molecule has 1 fully saturated rings. The predicted octanol–water partition coefficient (Wildman–Crippen LogP) is 0.144. The lowest BCUT2D eigenvalue weighted by Crippen LogP contribution is -2.27. The fraction of sp³-hybridized carbons (Fsp3) is 0.444. The molecule has 12 heteroatoms. The second-order valence-electron chi connectivity index (χ2n) is 7.18. The number of aromatic nitrogens is 3. The SMILES string of the molecule is Cc1ccc(C(=O)NCCCOCc2cn(C3(C(=O)O)CC3)nn2)cc1S(N)(=O)=O. The molecule has 3 rings (SSSR count). The molecule has 0 unspecified atom stereocenters.